The first-order valence-corrected chi connectivity index (χ1v) is 27.9. The number of likely N-dealkylation sites (N-methyl/N-ethyl adjacent to an activating group) is 1. The van der Waals surface area contributed by atoms with Gasteiger partial charge in [0.25, 0.3) is 7.82 Å². The highest BCUT2D eigenvalue weighted by Crippen LogP contribution is 2.38. The van der Waals surface area contributed by atoms with E-state index < -0.39 is 26.6 Å². The quantitative estimate of drug-likeness (QED) is 0.0161. The summed E-state index contributed by atoms with van der Waals surface area (Å²) in [5.41, 5.74) is 0. The van der Waals surface area contributed by atoms with Crippen molar-refractivity contribution < 1.29 is 37.3 Å². The number of rotatable bonds is 46. The molecular weight excluding hydrogens is 844 g/mol. The lowest BCUT2D eigenvalue weighted by Gasteiger charge is -2.30. The molecule has 3 atom stereocenters. The SMILES string of the molecule is CC/C=C/C=C/C=C/CCCCCCCCCC(=O)NC(COP(=O)([O-])OCC[N+](C)(C)C)C(/C=C/CCCCCCCCCCC)OC(=O)CCCCCC/C=C/C/C=C/C/C=C/CC. The largest absolute Gasteiger partial charge is 0.756 e. The first kappa shape index (κ1) is 63.2. The number of nitrogens with one attached hydrogen (secondary N) is 1. The van der Waals surface area contributed by atoms with Crippen molar-refractivity contribution >= 4 is 19.7 Å². The van der Waals surface area contributed by atoms with Crippen LogP contribution in [0.4, 0.5) is 0 Å². The molecule has 0 aliphatic rings. The summed E-state index contributed by atoms with van der Waals surface area (Å²) in [5, 5.41) is 3.00. The molecule has 1 N–H and O–H groups in total. The van der Waals surface area contributed by atoms with E-state index in [0.29, 0.717) is 23.9 Å². The lowest BCUT2D eigenvalue weighted by molar-refractivity contribution is -0.870. The normalized spacial score (nSPS) is 14.6. The van der Waals surface area contributed by atoms with Crippen LogP contribution in [-0.4, -0.2) is 69.4 Å². The number of nitrogens with zero attached hydrogens (tertiary/aromatic N) is 1. The Kier molecular flexibility index (Phi) is 44.0. The average molecular weight is 943 g/mol. The summed E-state index contributed by atoms with van der Waals surface area (Å²) >= 11 is 0. The molecule has 9 nitrogen and oxygen atoms in total. The van der Waals surface area contributed by atoms with Crippen LogP contribution in [0.5, 0.6) is 0 Å². The third-order valence-corrected chi connectivity index (χ3v) is 12.1. The monoisotopic (exact) mass is 943 g/mol. The molecule has 0 saturated carbocycles. The molecule has 0 aliphatic carbocycles. The zero-order chi connectivity index (χ0) is 48.7. The van der Waals surface area contributed by atoms with Crippen LogP contribution in [-0.2, 0) is 27.9 Å². The van der Waals surface area contributed by atoms with Gasteiger partial charge in [0.05, 0.1) is 33.8 Å². The standard InChI is InChI=1S/C56H99N2O7P/c1-7-10-13-16-19-22-25-27-29-30-33-36-39-42-45-48-55(59)57-53(52-64-66(61,62)63-51-50-58(4,5)6)54(47-44-41-38-35-32-24-21-18-15-12-9-3)65-56(60)49-46-43-40-37-34-31-28-26-23-20-17-14-11-8-2/h10-11,13-14,16,19-20,22-23,25,28,31,44,47,53-54H,7-9,12,15,17-18,21,24,26-27,29-30,32-43,45-46,48-52H2,1-6H3,(H-,57,59,61,62)/b13-10+,14-11+,19-16+,23-20+,25-22+,31-28+,47-44+. The summed E-state index contributed by atoms with van der Waals surface area (Å²) in [6.45, 7) is 6.54. The second-order valence-corrected chi connectivity index (χ2v) is 20.1. The number of ether oxygens (including phenoxy) is 1. The van der Waals surface area contributed by atoms with E-state index in [1.54, 1.807) is 0 Å². The number of carbonyl (C=O) groups is 2. The fourth-order valence-electron chi connectivity index (χ4n) is 7.06. The van der Waals surface area contributed by atoms with Crippen LogP contribution in [0, 0.1) is 0 Å². The van der Waals surface area contributed by atoms with Gasteiger partial charge in [0.15, 0.2) is 0 Å². The summed E-state index contributed by atoms with van der Waals surface area (Å²) < 4.78 is 30.1. The van der Waals surface area contributed by atoms with Crippen LogP contribution in [0.25, 0.3) is 0 Å². The molecule has 0 bridgehead atoms. The number of quaternary nitrogens is 1. The lowest BCUT2D eigenvalue weighted by Crippen LogP contribution is -2.47. The molecule has 66 heavy (non-hydrogen) atoms. The molecule has 0 fully saturated rings. The van der Waals surface area contributed by atoms with Crippen molar-refractivity contribution in [2.45, 2.75) is 219 Å². The maximum atomic E-state index is 13.4. The number of allylic oxidation sites excluding steroid dienone is 13. The molecule has 1 amide bonds. The third kappa shape index (κ3) is 46.3. The number of carbonyl (C=O) groups excluding carboxylic acids is 2. The van der Waals surface area contributed by atoms with Gasteiger partial charge in [-0.1, -0.05) is 196 Å². The second kappa shape index (κ2) is 45.9. The maximum absolute atomic E-state index is 13.4. The maximum Gasteiger partial charge on any atom is 0.306 e. The van der Waals surface area contributed by atoms with Gasteiger partial charge in [-0.3, -0.25) is 14.2 Å². The van der Waals surface area contributed by atoms with E-state index in [1.165, 1.54) is 64.2 Å². The van der Waals surface area contributed by atoms with Crippen molar-refractivity contribution in [1.29, 1.82) is 0 Å². The number of amides is 1. The Morgan fingerprint density at radius 3 is 1.62 bits per heavy atom. The molecular formula is C56H99N2O7P. The van der Waals surface area contributed by atoms with Gasteiger partial charge < -0.3 is 28.5 Å². The smallest absolute Gasteiger partial charge is 0.306 e. The third-order valence-electron chi connectivity index (χ3n) is 11.1. The van der Waals surface area contributed by atoms with E-state index >= 15 is 0 Å². The number of hydrogen-bond acceptors (Lipinski definition) is 7. The van der Waals surface area contributed by atoms with Gasteiger partial charge in [0.1, 0.15) is 19.3 Å². The molecule has 3 unspecified atom stereocenters. The minimum Gasteiger partial charge on any atom is -0.756 e. The summed E-state index contributed by atoms with van der Waals surface area (Å²) in [7, 11) is 1.15. The number of esters is 1. The van der Waals surface area contributed by atoms with Crippen molar-refractivity contribution in [2.75, 3.05) is 40.9 Å². The van der Waals surface area contributed by atoms with E-state index in [0.717, 1.165) is 103 Å². The number of hydrogen-bond donors (Lipinski definition) is 1. The van der Waals surface area contributed by atoms with Crippen molar-refractivity contribution in [2.24, 2.45) is 0 Å². The molecule has 0 rings (SSSR count). The summed E-state index contributed by atoms with van der Waals surface area (Å²) in [5.74, 6) is -0.589. The van der Waals surface area contributed by atoms with Crippen LogP contribution in [0.2, 0.25) is 0 Å². The molecule has 0 spiro atoms. The van der Waals surface area contributed by atoms with E-state index in [-0.39, 0.29) is 24.9 Å². The first-order valence-electron chi connectivity index (χ1n) is 26.4. The van der Waals surface area contributed by atoms with Gasteiger partial charge in [0, 0.05) is 12.8 Å². The molecule has 380 valence electrons. The zero-order valence-electron chi connectivity index (χ0n) is 43.1. The Morgan fingerprint density at radius 2 is 1.05 bits per heavy atom. The molecule has 0 aliphatic heterocycles. The highest BCUT2D eigenvalue weighted by molar-refractivity contribution is 7.45. The van der Waals surface area contributed by atoms with Crippen molar-refractivity contribution in [3.63, 3.8) is 0 Å². The van der Waals surface area contributed by atoms with Crippen molar-refractivity contribution in [3.8, 4) is 0 Å². The van der Waals surface area contributed by atoms with E-state index in [2.05, 4.69) is 99.0 Å². The predicted octanol–water partition coefficient (Wildman–Crippen LogP) is 14.9. The van der Waals surface area contributed by atoms with E-state index in [1.807, 2.05) is 33.3 Å². The Labute approximate surface area is 406 Å². The summed E-state index contributed by atoms with van der Waals surface area (Å²) in [6.07, 6.45) is 58.3. The average Bonchev–Trinajstić information content (AvgIpc) is 3.27. The molecule has 0 heterocycles. The fraction of sp³-hybridized carbons (Fsp3) is 0.714. The number of phosphoric acid groups is 1. The van der Waals surface area contributed by atoms with Gasteiger partial charge in [0.2, 0.25) is 5.91 Å². The van der Waals surface area contributed by atoms with E-state index in [9.17, 15) is 19.0 Å². The Balaban J connectivity index is 5.45. The minimum atomic E-state index is -4.70. The molecule has 0 aromatic heterocycles. The molecule has 0 aromatic rings. The van der Waals surface area contributed by atoms with Crippen LogP contribution in [0.3, 0.4) is 0 Å². The molecule has 0 aromatic carbocycles. The van der Waals surface area contributed by atoms with Gasteiger partial charge in [-0.05, 0) is 83.1 Å². The Morgan fingerprint density at radius 1 is 0.561 bits per heavy atom. The molecule has 0 saturated heterocycles. The topological polar surface area (TPSA) is 114 Å². The highest BCUT2D eigenvalue weighted by atomic mass is 31.2. The minimum absolute atomic E-state index is 0.0327. The van der Waals surface area contributed by atoms with Crippen LogP contribution >= 0.6 is 7.82 Å². The Hall–Kier alpha value is -2.81. The fourth-order valence-corrected chi connectivity index (χ4v) is 7.79. The molecule has 10 heteroatoms. The zero-order valence-corrected chi connectivity index (χ0v) is 44.0. The number of unbranched alkanes of at least 4 members (excludes halogenated alkanes) is 20. The lowest BCUT2D eigenvalue weighted by atomic mass is 10.1. The van der Waals surface area contributed by atoms with Crippen molar-refractivity contribution in [3.05, 3.63) is 85.1 Å². The first-order chi connectivity index (χ1) is 31.9. The van der Waals surface area contributed by atoms with Gasteiger partial charge in [-0.25, -0.2) is 0 Å². The van der Waals surface area contributed by atoms with Gasteiger partial charge >= 0.3 is 5.97 Å². The predicted molar refractivity (Wildman–Crippen MR) is 279 cm³/mol. The number of phosphoric ester groups is 1. The van der Waals surface area contributed by atoms with E-state index in [4.69, 9.17) is 13.8 Å². The summed E-state index contributed by atoms with van der Waals surface area (Å²) in [4.78, 5) is 39.7. The Bertz CT molecular complexity index is 1410. The van der Waals surface area contributed by atoms with Gasteiger partial charge in [-0.15, -0.1) is 0 Å². The van der Waals surface area contributed by atoms with Gasteiger partial charge in [-0.2, -0.15) is 0 Å². The summed E-state index contributed by atoms with van der Waals surface area (Å²) in [6, 6.07) is -0.906. The highest BCUT2D eigenvalue weighted by Gasteiger charge is 2.27. The van der Waals surface area contributed by atoms with Crippen LogP contribution < -0.4 is 10.2 Å². The van der Waals surface area contributed by atoms with Crippen molar-refractivity contribution in [1.82, 2.24) is 5.32 Å². The van der Waals surface area contributed by atoms with Crippen LogP contribution in [0.15, 0.2) is 85.1 Å². The molecule has 0 radical (unpaired) electrons. The second-order valence-electron chi connectivity index (χ2n) is 18.7. The van der Waals surface area contributed by atoms with Crippen LogP contribution in [0.1, 0.15) is 207 Å².